The monoisotopic (exact) mass is 356 g/mol. The Morgan fingerprint density at radius 3 is 2.40 bits per heavy atom. The maximum Gasteiger partial charge on any atom is 0.226 e. The molecule has 0 fully saturated rings. The van der Waals surface area contributed by atoms with Gasteiger partial charge in [-0.3, -0.25) is 4.79 Å². The number of unbranched alkanes of at least 4 members (excludes halogenated alkanes) is 2. The molecule has 0 radical (unpaired) electrons. The summed E-state index contributed by atoms with van der Waals surface area (Å²) >= 11 is 8.65. The Kier molecular flexibility index (Phi) is 7.16. The highest BCUT2D eigenvalue weighted by atomic mass is 79.9. The first-order valence-electron chi connectivity index (χ1n) is 6.81. The Morgan fingerprint density at radius 1 is 1.25 bits per heavy atom. The number of hydrogen-bond acceptors (Lipinski definition) is 2. The van der Waals surface area contributed by atoms with E-state index in [9.17, 15) is 4.79 Å². The molecule has 110 valence electrons. The largest absolute Gasteiger partial charge is 0.332 e. The van der Waals surface area contributed by atoms with Crippen LogP contribution in [0.4, 0.5) is 5.69 Å². The van der Waals surface area contributed by atoms with Gasteiger partial charge in [-0.25, -0.2) is 0 Å². The Morgan fingerprint density at radius 2 is 1.85 bits per heavy atom. The van der Waals surface area contributed by atoms with Gasteiger partial charge in [-0.15, -0.1) is 0 Å². The van der Waals surface area contributed by atoms with Crippen LogP contribution in [0.1, 0.15) is 43.7 Å². The average molecular weight is 357 g/mol. The van der Waals surface area contributed by atoms with Gasteiger partial charge in [0.1, 0.15) is 0 Å². The zero-order chi connectivity index (χ0) is 15.1. The lowest BCUT2D eigenvalue weighted by Crippen LogP contribution is -2.34. The normalized spacial score (nSPS) is 10.2. The van der Waals surface area contributed by atoms with Gasteiger partial charge in [0, 0.05) is 16.6 Å². The number of carbonyl (C=O) groups excluding carboxylic acids is 1. The van der Waals surface area contributed by atoms with Gasteiger partial charge in [-0.2, -0.15) is 0 Å². The van der Waals surface area contributed by atoms with E-state index < -0.39 is 0 Å². The molecule has 3 nitrogen and oxygen atoms in total. The van der Waals surface area contributed by atoms with Crippen molar-refractivity contribution in [1.82, 2.24) is 5.32 Å². The summed E-state index contributed by atoms with van der Waals surface area (Å²) in [5.41, 5.74) is 3.12. The lowest BCUT2D eigenvalue weighted by atomic mass is 10.1. The van der Waals surface area contributed by atoms with E-state index in [1.165, 1.54) is 0 Å². The lowest BCUT2D eigenvalue weighted by molar-refractivity contribution is -0.119. The van der Waals surface area contributed by atoms with E-state index in [2.05, 4.69) is 33.5 Å². The number of amides is 1. The summed E-state index contributed by atoms with van der Waals surface area (Å²) in [5.74, 6) is -0.0247. The fourth-order valence-corrected chi connectivity index (χ4v) is 2.88. The Balaban J connectivity index is 2.57. The first-order chi connectivity index (χ1) is 9.43. The predicted octanol–water partition coefficient (Wildman–Crippen LogP) is 4.46. The number of rotatable bonds is 5. The molecule has 0 saturated carbocycles. The molecule has 0 aromatic heterocycles. The summed E-state index contributed by atoms with van der Waals surface area (Å²) in [6.45, 7) is 6.13. The zero-order valence-corrected chi connectivity index (χ0v) is 14.6. The first kappa shape index (κ1) is 17.1. The molecule has 5 heteroatoms. The topological polar surface area (TPSA) is 41.1 Å². The van der Waals surface area contributed by atoms with Crippen molar-refractivity contribution in [3.63, 3.8) is 0 Å². The SMILES string of the molecule is CCCCCC(=O)NC(=S)Nc1c(C)cc(Br)cc1C. The van der Waals surface area contributed by atoms with Crippen molar-refractivity contribution >= 4 is 44.9 Å². The minimum Gasteiger partial charge on any atom is -0.332 e. The minimum absolute atomic E-state index is 0.0247. The minimum atomic E-state index is -0.0247. The molecule has 0 atom stereocenters. The summed E-state index contributed by atoms with van der Waals surface area (Å²) in [5, 5.41) is 6.19. The third-order valence-corrected chi connectivity index (χ3v) is 3.66. The molecule has 0 aliphatic rings. The summed E-state index contributed by atoms with van der Waals surface area (Å²) in [6.07, 6.45) is 3.60. The number of hydrogen-bond donors (Lipinski definition) is 2. The molecular weight excluding hydrogens is 336 g/mol. The van der Waals surface area contributed by atoms with Gasteiger partial charge in [-0.1, -0.05) is 35.7 Å². The highest BCUT2D eigenvalue weighted by Gasteiger charge is 2.08. The van der Waals surface area contributed by atoms with Crippen LogP contribution < -0.4 is 10.6 Å². The van der Waals surface area contributed by atoms with Crippen LogP contribution in [0, 0.1) is 13.8 Å². The molecule has 0 heterocycles. The molecule has 0 unspecified atom stereocenters. The van der Waals surface area contributed by atoms with Crippen molar-refractivity contribution < 1.29 is 4.79 Å². The fraction of sp³-hybridized carbons (Fsp3) is 0.467. The van der Waals surface area contributed by atoms with Gasteiger partial charge in [-0.05, 0) is 55.7 Å². The molecule has 1 amide bonds. The number of aryl methyl sites for hydroxylation is 2. The summed E-state index contributed by atoms with van der Waals surface area (Å²) in [6, 6.07) is 4.03. The standard InChI is InChI=1S/C15H21BrN2OS/c1-4-5-6-7-13(19)17-15(20)18-14-10(2)8-12(16)9-11(14)3/h8-9H,4-7H2,1-3H3,(H2,17,18,19,20). The number of halogens is 1. The molecule has 0 aliphatic carbocycles. The summed E-state index contributed by atoms with van der Waals surface area (Å²) in [7, 11) is 0. The Bertz CT molecular complexity index is 480. The van der Waals surface area contributed by atoms with Crippen LogP contribution in [-0.2, 0) is 4.79 Å². The molecular formula is C15H21BrN2OS. The van der Waals surface area contributed by atoms with Crippen molar-refractivity contribution in [3.05, 3.63) is 27.7 Å². The predicted molar refractivity (Wildman–Crippen MR) is 92.1 cm³/mol. The van der Waals surface area contributed by atoms with Crippen molar-refractivity contribution in [2.24, 2.45) is 0 Å². The second kappa shape index (κ2) is 8.37. The lowest BCUT2D eigenvalue weighted by Gasteiger charge is -2.14. The molecule has 0 aliphatic heterocycles. The molecule has 1 aromatic rings. The van der Waals surface area contributed by atoms with E-state index >= 15 is 0 Å². The van der Waals surface area contributed by atoms with Crippen LogP contribution in [0.25, 0.3) is 0 Å². The van der Waals surface area contributed by atoms with Crippen LogP contribution >= 0.6 is 28.1 Å². The smallest absolute Gasteiger partial charge is 0.226 e. The van der Waals surface area contributed by atoms with Gasteiger partial charge < -0.3 is 10.6 Å². The van der Waals surface area contributed by atoms with E-state index in [1.807, 2.05) is 26.0 Å². The molecule has 2 N–H and O–H groups in total. The van der Waals surface area contributed by atoms with Crippen molar-refractivity contribution in [3.8, 4) is 0 Å². The molecule has 20 heavy (non-hydrogen) atoms. The van der Waals surface area contributed by atoms with Crippen molar-refractivity contribution in [1.29, 1.82) is 0 Å². The van der Waals surface area contributed by atoms with Gasteiger partial charge in [0.25, 0.3) is 0 Å². The number of benzene rings is 1. The summed E-state index contributed by atoms with van der Waals surface area (Å²) < 4.78 is 1.03. The number of carbonyl (C=O) groups is 1. The molecule has 0 saturated heterocycles. The highest BCUT2D eigenvalue weighted by molar-refractivity contribution is 9.10. The highest BCUT2D eigenvalue weighted by Crippen LogP contribution is 2.24. The molecule has 0 bridgehead atoms. The average Bonchev–Trinajstić information content (AvgIpc) is 2.34. The van der Waals surface area contributed by atoms with Gasteiger partial charge >= 0.3 is 0 Å². The van der Waals surface area contributed by atoms with Crippen molar-refractivity contribution in [2.75, 3.05) is 5.32 Å². The third-order valence-electron chi connectivity index (χ3n) is 3.00. The first-order valence-corrected chi connectivity index (χ1v) is 8.01. The second-order valence-corrected chi connectivity index (χ2v) is 6.20. The Hall–Kier alpha value is -0.940. The van der Waals surface area contributed by atoms with Gasteiger partial charge in [0.05, 0.1) is 0 Å². The van der Waals surface area contributed by atoms with Crippen LogP contribution in [0.3, 0.4) is 0 Å². The fourth-order valence-electron chi connectivity index (χ4n) is 1.98. The Labute approximate surface area is 134 Å². The maximum atomic E-state index is 11.7. The van der Waals surface area contributed by atoms with E-state index in [0.29, 0.717) is 11.5 Å². The van der Waals surface area contributed by atoms with E-state index in [-0.39, 0.29) is 5.91 Å². The molecule has 1 aromatic carbocycles. The van der Waals surface area contributed by atoms with Crippen molar-refractivity contribution in [2.45, 2.75) is 46.5 Å². The molecule has 1 rings (SSSR count). The molecule has 0 spiro atoms. The van der Waals surface area contributed by atoms with Crippen LogP contribution in [0.15, 0.2) is 16.6 Å². The van der Waals surface area contributed by atoms with Crippen LogP contribution in [-0.4, -0.2) is 11.0 Å². The quantitative estimate of drug-likeness (QED) is 0.604. The van der Waals surface area contributed by atoms with E-state index in [0.717, 1.165) is 40.5 Å². The van der Waals surface area contributed by atoms with E-state index in [1.54, 1.807) is 0 Å². The van der Waals surface area contributed by atoms with Crippen LogP contribution in [0.5, 0.6) is 0 Å². The maximum absolute atomic E-state index is 11.7. The van der Waals surface area contributed by atoms with Crippen LogP contribution in [0.2, 0.25) is 0 Å². The van der Waals surface area contributed by atoms with Gasteiger partial charge in [0.2, 0.25) is 5.91 Å². The third kappa shape index (κ3) is 5.59. The summed E-state index contributed by atoms with van der Waals surface area (Å²) in [4.78, 5) is 11.7. The second-order valence-electron chi connectivity index (χ2n) is 4.87. The zero-order valence-electron chi connectivity index (χ0n) is 12.2. The number of anilines is 1. The van der Waals surface area contributed by atoms with E-state index in [4.69, 9.17) is 12.2 Å². The number of thiocarbonyl (C=S) groups is 1. The van der Waals surface area contributed by atoms with Gasteiger partial charge in [0.15, 0.2) is 5.11 Å². The number of nitrogens with one attached hydrogen (secondary N) is 2.